The third-order valence-electron chi connectivity index (χ3n) is 5.36. The number of rotatable bonds is 7. The predicted molar refractivity (Wildman–Crippen MR) is 119 cm³/mol. The minimum atomic E-state index is -0.393. The van der Waals surface area contributed by atoms with Gasteiger partial charge in [0.2, 0.25) is 0 Å². The first kappa shape index (κ1) is 19.2. The molecule has 0 aliphatic rings. The zero-order valence-electron chi connectivity index (χ0n) is 16.9. The van der Waals surface area contributed by atoms with E-state index in [1.165, 1.54) is 11.1 Å². The summed E-state index contributed by atoms with van der Waals surface area (Å²) in [5, 5.41) is 4.55. The van der Waals surface area contributed by atoms with Crippen LogP contribution < -0.4 is 5.32 Å². The van der Waals surface area contributed by atoms with Crippen molar-refractivity contribution in [3.05, 3.63) is 107 Å². The van der Waals surface area contributed by atoms with Crippen molar-refractivity contribution in [2.24, 2.45) is 0 Å². The third-order valence-corrected chi connectivity index (χ3v) is 5.36. The zero-order chi connectivity index (χ0) is 20.2. The van der Waals surface area contributed by atoms with E-state index < -0.39 is 6.04 Å². The van der Waals surface area contributed by atoms with Crippen molar-refractivity contribution < 1.29 is 4.79 Å². The first-order valence-electron chi connectivity index (χ1n) is 10.1. The first-order valence-corrected chi connectivity index (χ1v) is 10.1. The fourth-order valence-electron chi connectivity index (χ4n) is 3.82. The van der Waals surface area contributed by atoms with Crippen molar-refractivity contribution in [1.82, 2.24) is 10.3 Å². The second kappa shape index (κ2) is 8.46. The molecule has 0 saturated carbocycles. The number of aromatic nitrogens is 1. The van der Waals surface area contributed by atoms with E-state index in [2.05, 4.69) is 48.4 Å². The maximum atomic E-state index is 13.6. The van der Waals surface area contributed by atoms with Crippen LogP contribution >= 0.6 is 0 Å². The highest BCUT2D eigenvalue weighted by Gasteiger charge is 2.25. The Balaban J connectivity index is 1.61. The van der Waals surface area contributed by atoms with Gasteiger partial charge in [-0.15, -0.1) is 0 Å². The molecular formula is C26H26N2O. The minimum absolute atomic E-state index is 0.0874. The van der Waals surface area contributed by atoms with E-state index in [-0.39, 0.29) is 11.8 Å². The summed E-state index contributed by atoms with van der Waals surface area (Å²) in [6.45, 7) is 4.23. The number of ketones is 1. The molecule has 0 aliphatic carbocycles. The van der Waals surface area contributed by atoms with Gasteiger partial charge >= 0.3 is 0 Å². The Morgan fingerprint density at radius 1 is 0.931 bits per heavy atom. The lowest BCUT2D eigenvalue weighted by atomic mass is 9.95. The number of carbonyl (C=O) groups excluding carboxylic acids is 1. The molecule has 0 amide bonds. The zero-order valence-corrected chi connectivity index (χ0v) is 16.9. The number of Topliss-reactive ketones (excluding diaryl/α,β-unsaturated/α-hetero) is 1. The predicted octanol–water partition coefficient (Wildman–Crippen LogP) is 5.62. The van der Waals surface area contributed by atoms with E-state index in [9.17, 15) is 4.79 Å². The Kier molecular flexibility index (Phi) is 5.59. The van der Waals surface area contributed by atoms with Crippen molar-refractivity contribution >= 4 is 16.7 Å². The molecule has 3 heteroatoms. The Bertz CT molecular complexity index is 1100. The number of fused-ring (bicyclic) bond motifs is 1. The van der Waals surface area contributed by atoms with Crippen LogP contribution in [0, 0.1) is 6.92 Å². The largest absolute Gasteiger partial charge is 0.360 e. The number of H-pyrrole nitrogens is 1. The molecule has 1 aromatic heterocycles. The van der Waals surface area contributed by atoms with Crippen molar-refractivity contribution in [2.45, 2.75) is 32.4 Å². The molecule has 3 nitrogen and oxygen atoms in total. The van der Waals surface area contributed by atoms with Gasteiger partial charge in [0, 0.05) is 28.7 Å². The van der Waals surface area contributed by atoms with Gasteiger partial charge in [0.15, 0.2) is 5.78 Å². The molecule has 0 saturated heterocycles. The Morgan fingerprint density at radius 3 is 2.38 bits per heavy atom. The van der Waals surface area contributed by atoms with Crippen molar-refractivity contribution in [1.29, 1.82) is 0 Å². The number of aromatic amines is 1. The summed E-state index contributed by atoms with van der Waals surface area (Å²) in [7, 11) is 0. The van der Waals surface area contributed by atoms with E-state index in [0.29, 0.717) is 0 Å². The van der Waals surface area contributed by atoms with E-state index in [4.69, 9.17) is 0 Å². The molecule has 0 spiro atoms. The normalized spacial score (nSPS) is 13.3. The smallest absolute Gasteiger partial charge is 0.186 e. The van der Waals surface area contributed by atoms with Crippen LogP contribution in [-0.2, 0) is 6.42 Å². The van der Waals surface area contributed by atoms with Crippen molar-refractivity contribution in [2.75, 3.05) is 0 Å². The lowest BCUT2D eigenvalue weighted by Crippen LogP contribution is -2.36. The monoisotopic (exact) mass is 382 g/mol. The number of hydrogen-bond donors (Lipinski definition) is 2. The molecule has 29 heavy (non-hydrogen) atoms. The number of hydrogen-bond acceptors (Lipinski definition) is 2. The van der Waals surface area contributed by atoms with Crippen LogP contribution in [0.15, 0.2) is 85.1 Å². The topological polar surface area (TPSA) is 44.9 Å². The molecule has 146 valence electrons. The van der Waals surface area contributed by atoms with Gasteiger partial charge in [-0.3, -0.25) is 4.79 Å². The fraction of sp³-hybridized carbons (Fsp3) is 0.192. The summed E-state index contributed by atoms with van der Waals surface area (Å²) >= 11 is 0. The summed E-state index contributed by atoms with van der Waals surface area (Å²) in [6, 6.07) is 26.3. The number of benzene rings is 3. The van der Waals surface area contributed by atoms with Gasteiger partial charge in [-0.25, -0.2) is 0 Å². The Labute approximate surface area is 171 Å². The van der Waals surface area contributed by atoms with Gasteiger partial charge in [0.25, 0.3) is 0 Å². The quantitative estimate of drug-likeness (QED) is 0.407. The molecule has 1 heterocycles. The highest BCUT2D eigenvalue weighted by atomic mass is 16.1. The van der Waals surface area contributed by atoms with Gasteiger partial charge in [-0.1, -0.05) is 78.4 Å². The van der Waals surface area contributed by atoms with E-state index >= 15 is 0 Å². The third kappa shape index (κ3) is 4.30. The molecule has 3 aromatic carbocycles. The van der Waals surface area contributed by atoms with E-state index in [0.717, 1.165) is 28.5 Å². The summed E-state index contributed by atoms with van der Waals surface area (Å²) in [5.74, 6) is 0.0874. The van der Waals surface area contributed by atoms with E-state index in [1.807, 2.05) is 60.8 Å². The van der Waals surface area contributed by atoms with Crippen LogP contribution in [0.5, 0.6) is 0 Å². The Morgan fingerprint density at radius 2 is 1.62 bits per heavy atom. The number of aryl methyl sites for hydroxylation is 1. The molecular weight excluding hydrogens is 356 g/mol. The van der Waals surface area contributed by atoms with Crippen LogP contribution in [0.1, 0.15) is 40.0 Å². The molecule has 0 bridgehead atoms. The molecule has 0 radical (unpaired) electrons. The fourth-order valence-corrected chi connectivity index (χ4v) is 3.82. The van der Waals surface area contributed by atoms with Gasteiger partial charge in [-0.05, 0) is 37.5 Å². The molecule has 2 N–H and O–H groups in total. The summed E-state index contributed by atoms with van der Waals surface area (Å²) in [5.41, 5.74) is 5.21. The summed E-state index contributed by atoms with van der Waals surface area (Å²) in [6.07, 6.45) is 2.69. The number of nitrogens with one attached hydrogen (secondary N) is 2. The molecule has 0 unspecified atom stereocenters. The van der Waals surface area contributed by atoms with Gasteiger partial charge in [0.05, 0.1) is 6.04 Å². The SMILES string of the molecule is Cc1ccc(C[C@H](C)N[C@H](C(=O)c2c[nH]c3ccccc23)c2ccccc2)cc1. The molecule has 4 aromatic rings. The average Bonchev–Trinajstić information content (AvgIpc) is 3.18. The average molecular weight is 383 g/mol. The highest BCUT2D eigenvalue weighted by molar-refractivity contribution is 6.10. The van der Waals surface area contributed by atoms with Gasteiger partial charge in [-0.2, -0.15) is 0 Å². The van der Waals surface area contributed by atoms with Crippen LogP contribution in [-0.4, -0.2) is 16.8 Å². The lowest BCUT2D eigenvalue weighted by Gasteiger charge is -2.23. The lowest BCUT2D eigenvalue weighted by molar-refractivity contribution is 0.0938. The first-order chi connectivity index (χ1) is 14.1. The Hall–Kier alpha value is -3.17. The van der Waals surface area contributed by atoms with Crippen molar-refractivity contribution in [3.8, 4) is 0 Å². The standard InChI is InChI=1S/C26H26N2O/c1-18-12-14-20(15-13-18)16-19(2)28-25(21-8-4-3-5-9-21)26(29)23-17-27-24-11-7-6-10-22(23)24/h3-15,17,19,25,27-28H,16H2,1-2H3/t19-,25-/m0/s1. The minimum Gasteiger partial charge on any atom is -0.360 e. The highest BCUT2D eigenvalue weighted by Crippen LogP contribution is 2.25. The maximum Gasteiger partial charge on any atom is 0.186 e. The molecule has 0 aliphatic heterocycles. The van der Waals surface area contributed by atoms with Crippen molar-refractivity contribution in [3.63, 3.8) is 0 Å². The second-order valence-electron chi connectivity index (χ2n) is 7.71. The summed E-state index contributed by atoms with van der Waals surface area (Å²) < 4.78 is 0. The van der Waals surface area contributed by atoms with Crippen LogP contribution in [0.4, 0.5) is 0 Å². The van der Waals surface area contributed by atoms with E-state index in [1.54, 1.807) is 0 Å². The van der Waals surface area contributed by atoms with Crippen LogP contribution in [0.25, 0.3) is 10.9 Å². The second-order valence-corrected chi connectivity index (χ2v) is 7.71. The van der Waals surface area contributed by atoms with Crippen LogP contribution in [0.2, 0.25) is 0 Å². The number of para-hydroxylation sites is 1. The van der Waals surface area contributed by atoms with Gasteiger partial charge in [0.1, 0.15) is 0 Å². The number of carbonyl (C=O) groups is 1. The molecule has 4 rings (SSSR count). The van der Waals surface area contributed by atoms with Crippen LogP contribution in [0.3, 0.4) is 0 Å². The molecule has 2 atom stereocenters. The summed E-state index contributed by atoms with van der Waals surface area (Å²) in [4.78, 5) is 16.8. The maximum absolute atomic E-state index is 13.6. The van der Waals surface area contributed by atoms with Gasteiger partial charge < -0.3 is 10.3 Å². The molecule has 0 fully saturated rings.